The lowest BCUT2D eigenvalue weighted by Gasteiger charge is -2.33. The van der Waals surface area contributed by atoms with Gasteiger partial charge in [-0.2, -0.15) is 0 Å². The van der Waals surface area contributed by atoms with Gasteiger partial charge < -0.3 is 9.80 Å². The van der Waals surface area contributed by atoms with Crippen molar-refractivity contribution < 1.29 is 0 Å². The highest BCUT2D eigenvalue weighted by Gasteiger charge is 2.34. The molecule has 0 fully saturated rings. The maximum atomic E-state index is 2.71. The molecule has 0 N–H and O–H groups in total. The first-order valence-corrected chi connectivity index (χ1v) is 56.6. The second-order valence-electron chi connectivity index (χ2n) is 46.5. The Morgan fingerprint density at radius 1 is 0.184 bits per heavy atom. The van der Waals surface area contributed by atoms with Gasteiger partial charge in [-0.1, -0.05) is 387 Å². The summed E-state index contributed by atoms with van der Waals surface area (Å²) >= 11 is 0. The van der Waals surface area contributed by atoms with Gasteiger partial charge in [-0.05, 0) is 227 Å². The Labute approximate surface area is 695 Å². The monoisotopic (exact) mass is 1580 g/mol. The first kappa shape index (κ1) is 85.5. The van der Waals surface area contributed by atoms with Crippen molar-refractivity contribution in [3.63, 3.8) is 0 Å². The van der Waals surface area contributed by atoms with Crippen molar-refractivity contribution in [1.82, 2.24) is 0 Å². The van der Waals surface area contributed by atoms with Crippen molar-refractivity contribution in [1.29, 1.82) is 0 Å². The number of anilines is 6. The molecule has 12 aromatic carbocycles. The molecular weight excluding hydrogens is 1440 g/mol. The smallest absolute Gasteiger partial charge is 0.0776 e. The zero-order valence-electron chi connectivity index (χ0n) is 77.4. The lowest BCUT2D eigenvalue weighted by Crippen LogP contribution is -2.45. The summed E-state index contributed by atoms with van der Waals surface area (Å²) in [6, 6.07) is 80.5. The van der Waals surface area contributed by atoms with Gasteiger partial charge in [0.1, 0.15) is 0 Å². The highest BCUT2D eigenvalue weighted by Crippen LogP contribution is 2.52. The van der Waals surface area contributed by atoms with Crippen LogP contribution in [0.25, 0.3) is 76.8 Å². The summed E-state index contributed by atoms with van der Waals surface area (Å²) in [7, 11) is -7.79. The van der Waals surface area contributed by atoms with Gasteiger partial charge in [-0.15, -0.1) is 0 Å². The highest BCUT2D eigenvalue weighted by atomic mass is 28.3. The maximum Gasteiger partial charge on any atom is 0.0776 e. The molecule has 114 heavy (non-hydrogen) atoms. The summed E-state index contributed by atoms with van der Waals surface area (Å²) in [4.78, 5) is 5.42. The average molecular weight is 1580 g/mol. The molecule has 0 amide bonds. The predicted octanol–water partition coefficient (Wildman–Crippen LogP) is 30.8. The summed E-state index contributed by atoms with van der Waals surface area (Å²) in [5.74, 6) is 0. The van der Waals surface area contributed by atoms with Crippen LogP contribution in [-0.2, 0) is 43.3 Å². The quantitative estimate of drug-likeness (QED) is 0.0791. The van der Waals surface area contributed by atoms with E-state index in [1.165, 1.54) is 165 Å². The molecule has 12 rings (SSSR count). The Bertz CT molecular complexity index is 4940. The number of hydrogen-bond acceptors (Lipinski definition) is 2. The van der Waals surface area contributed by atoms with E-state index in [9.17, 15) is 0 Å². The lowest BCUT2D eigenvalue weighted by molar-refractivity contribution is 0.568. The fraction of sp³-hybridized carbons (Fsp3) is 0.407. The van der Waals surface area contributed by atoms with E-state index in [-0.39, 0.29) is 43.3 Å². The van der Waals surface area contributed by atoms with Crippen molar-refractivity contribution in [3.05, 3.63) is 239 Å². The molecule has 0 spiro atoms. The van der Waals surface area contributed by atoms with Crippen LogP contribution in [-0.4, -0.2) is 32.3 Å². The van der Waals surface area contributed by atoms with Crippen LogP contribution in [0.5, 0.6) is 0 Å². The average Bonchev–Trinajstić information content (AvgIpc) is 0.715. The van der Waals surface area contributed by atoms with Crippen molar-refractivity contribution >= 4 is 119 Å². The minimum absolute atomic E-state index is 0.0829. The van der Waals surface area contributed by atoms with E-state index in [0.717, 1.165) is 11.4 Å². The molecule has 0 saturated heterocycles. The Kier molecular flexibility index (Phi) is 21.8. The van der Waals surface area contributed by atoms with E-state index < -0.39 is 32.3 Å². The van der Waals surface area contributed by atoms with Gasteiger partial charge in [-0.25, -0.2) is 0 Å². The topological polar surface area (TPSA) is 6.48 Å². The molecule has 0 bridgehead atoms. The molecule has 0 unspecified atom stereocenters. The first-order chi connectivity index (χ1) is 52.0. The molecule has 0 aliphatic carbocycles. The second kappa shape index (κ2) is 29.0. The van der Waals surface area contributed by atoms with Gasteiger partial charge >= 0.3 is 0 Å². The van der Waals surface area contributed by atoms with Crippen LogP contribution < -0.4 is 30.5 Å². The summed E-state index contributed by atoms with van der Waals surface area (Å²) in [5.41, 5.74) is 27.0. The third-order valence-corrected chi connectivity index (χ3v) is 32.3. The molecule has 598 valence electrons. The second-order valence-corrected chi connectivity index (χ2v) is 66.8. The third-order valence-electron chi connectivity index (χ3n) is 24.3. The van der Waals surface area contributed by atoms with Gasteiger partial charge in [0.2, 0.25) is 0 Å². The molecule has 0 heterocycles. The van der Waals surface area contributed by atoms with Crippen LogP contribution >= 0.6 is 0 Å². The lowest BCUT2D eigenvalue weighted by atomic mass is 9.78. The molecule has 6 heteroatoms. The summed E-state index contributed by atoms with van der Waals surface area (Å²) in [6.07, 6.45) is 0. The van der Waals surface area contributed by atoms with Gasteiger partial charge in [0.15, 0.2) is 0 Å². The molecular formula is C108H140N2Si4. The van der Waals surface area contributed by atoms with E-state index in [4.69, 9.17) is 0 Å². The number of hydrogen-bond donors (Lipinski definition) is 0. The minimum Gasteiger partial charge on any atom is -0.310 e. The van der Waals surface area contributed by atoms with Crippen molar-refractivity contribution in [3.8, 4) is 44.5 Å². The Morgan fingerprint density at radius 2 is 0.360 bits per heavy atom. The van der Waals surface area contributed by atoms with Crippen molar-refractivity contribution in [2.45, 2.75) is 288 Å². The van der Waals surface area contributed by atoms with Crippen LogP contribution in [0.4, 0.5) is 34.1 Å². The minimum atomic E-state index is -1.95. The van der Waals surface area contributed by atoms with E-state index >= 15 is 0 Å². The number of benzene rings is 12. The molecule has 0 atom stereocenters. The molecule has 0 aliphatic rings. The zero-order valence-corrected chi connectivity index (χ0v) is 81.4. The standard InChI is InChI=1S/C108H140N2Si4/c1-101(2,3)79-47-75(48-80(59-79)102(4,5)6)71-45-72(76-49-81(103(7,8)9)60-82(50-76)104(10,11)12)56-87(55-71)109(89-63-91(111(25,26)27)67-92(64-89)112(28,29)30)97-43-39-69-38-42-96-98(44-40-70-37-41-95(97)99(69)100(70)96)110(90-65-93(113(31,32)33)68-94(66-90)114(34,35)36)88-57-73(77-51-83(105(13,14)15)61-84(52-77)106(16,17)18)46-74(58-88)78-53-85(107(19,20)21)62-86(54-78)108(22,23)24/h37-68H,1-36H3. The normalized spacial score (nSPS) is 13.6. The van der Waals surface area contributed by atoms with Crippen LogP contribution in [0, 0.1) is 0 Å². The fourth-order valence-corrected chi connectivity index (χ4v) is 21.0. The summed E-state index contributed by atoms with van der Waals surface area (Å²) in [5, 5.41) is 13.4. The van der Waals surface area contributed by atoms with E-state index in [1.807, 2.05) is 0 Å². The summed E-state index contributed by atoms with van der Waals surface area (Å²) in [6.45, 7) is 87.4. The van der Waals surface area contributed by atoms with Crippen LogP contribution in [0.15, 0.2) is 194 Å². The maximum absolute atomic E-state index is 2.71. The first-order valence-electron chi connectivity index (χ1n) is 42.6. The summed E-state index contributed by atoms with van der Waals surface area (Å²) < 4.78 is 0. The molecule has 12 aromatic rings. The van der Waals surface area contributed by atoms with Crippen molar-refractivity contribution in [2.75, 3.05) is 9.80 Å². The molecule has 0 aromatic heterocycles. The van der Waals surface area contributed by atoms with Crippen LogP contribution in [0.2, 0.25) is 78.6 Å². The Balaban J connectivity index is 1.24. The van der Waals surface area contributed by atoms with Gasteiger partial charge in [0.05, 0.1) is 43.7 Å². The Hall–Kier alpha value is -7.85. The molecule has 0 saturated carbocycles. The Morgan fingerprint density at radius 3 is 0.544 bits per heavy atom. The van der Waals surface area contributed by atoms with Gasteiger partial charge in [-0.3, -0.25) is 0 Å². The van der Waals surface area contributed by atoms with E-state index in [0.29, 0.717) is 0 Å². The molecule has 0 aliphatic heterocycles. The van der Waals surface area contributed by atoms with Gasteiger partial charge in [0, 0.05) is 33.5 Å². The van der Waals surface area contributed by atoms with Crippen molar-refractivity contribution in [2.24, 2.45) is 0 Å². The SMILES string of the molecule is CC(C)(C)c1cc(-c2cc(-c3cc(C(C)(C)C)cc(C(C)(C)C)c3)cc(N(c3cc([Si](C)(C)C)cc([Si](C)(C)C)c3)c3ccc4ccc5c(N(c6cc(-c7cc(C(C)(C)C)cc(C(C)(C)C)c7)cc(-c7cc(C(C)(C)C)cc(C(C)(C)C)c7)c6)c6cc([Si](C)(C)C)cc([Si](C)(C)C)c6)ccc6ccc3c4c65)c2)cc(C(C)(C)C)c1. The molecule has 2 nitrogen and oxygen atoms in total. The van der Waals surface area contributed by atoms with Gasteiger partial charge in [0.25, 0.3) is 0 Å². The predicted molar refractivity (Wildman–Crippen MR) is 523 cm³/mol. The highest BCUT2D eigenvalue weighted by molar-refractivity contribution is 6.92. The third kappa shape index (κ3) is 18.0. The molecule has 0 radical (unpaired) electrons. The number of nitrogens with zero attached hydrogens (tertiary/aromatic N) is 2. The fourth-order valence-electron chi connectivity index (χ4n) is 16.0. The van der Waals surface area contributed by atoms with Crippen LogP contribution in [0.3, 0.4) is 0 Å². The van der Waals surface area contributed by atoms with Crippen LogP contribution in [0.1, 0.15) is 211 Å². The largest absolute Gasteiger partial charge is 0.310 e. The zero-order chi connectivity index (χ0) is 84.3. The van der Waals surface area contributed by atoms with E-state index in [1.54, 1.807) is 0 Å². The number of rotatable bonds is 14. The van der Waals surface area contributed by atoms with E-state index in [2.05, 4.69) is 449 Å².